The van der Waals surface area contributed by atoms with Crippen LogP contribution in [0.2, 0.25) is 0 Å². The minimum Gasteiger partial charge on any atom is -0.0654 e. The van der Waals surface area contributed by atoms with Gasteiger partial charge in [-0.2, -0.15) is 0 Å². The summed E-state index contributed by atoms with van der Waals surface area (Å²) in [6, 6.07) is 0. The van der Waals surface area contributed by atoms with Gasteiger partial charge in [0.2, 0.25) is 0 Å². The molecule has 0 heterocycles. The Kier molecular flexibility index (Phi) is 3.82. The molecule has 0 N–H and O–H groups in total. The molecule has 0 nitrogen and oxygen atoms in total. The van der Waals surface area contributed by atoms with Gasteiger partial charge < -0.3 is 0 Å². The second-order valence-corrected chi connectivity index (χ2v) is 5.09. The van der Waals surface area contributed by atoms with Gasteiger partial charge >= 0.3 is 0 Å². The van der Waals surface area contributed by atoms with Gasteiger partial charge in [0.15, 0.2) is 0 Å². The summed E-state index contributed by atoms with van der Waals surface area (Å²) in [4.78, 5) is 0. The van der Waals surface area contributed by atoms with E-state index in [0.717, 1.165) is 17.3 Å². The summed E-state index contributed by atoms with van der Waals surface area (Å²) in [5, 5.41) is 0. The maximum absolute atomic E-state index is 2.48. The lowest BCUT2D eigenvalue weighted by Gasteiger charge is -2.51. The molecule has 0 aromatic rings. The summed E-state index contributed by atoms with van der Waals surface area (Å²) in [5.41, 5.74) is 0.741. The smallest absolute Gasteiger partial charge is 0.0246 e. The zero-order chi connectivity index (χ0) is 9.90. The van der Waals surface area contributed by atoms with Gasteiger partial charge in [-0.05, 0) is 30.1 Å². The molecule has 1 rings (SSSR count). The summed E-state index contributed by atoms with van der Waals surface area (Å²) in [7, 11) is 0. The monoisotopic (exact) mass is 182 g/mol. The van der Waals surface area contributed by atoms with Crippen LogP contribution in [0.3, 0.4) is 0 Å². The summed E-state index contributed by atoms with van der Waals surface area (Å²) in [6.07, 6.45) is 8.66. The predicted molar refractivity (Wildman–Crippen MR) is 59.8 cm³/mol. The molecule has 0 heteroatoms. The SMILES string of the molecule is CCCC(C)C1(C(C)CC)CCC1. The minimum atomic E-state index is 0.741. The molecule has 0 saturated heterocycles. The van der Waals surface area contributed by atoms with Gasteiger partial charge in [-0.1, -0.05) is 53.4 Å². The quantitative estimate of drug-likeness (QED) is 0.581. The molecule has 2 unspecified atom stereocenters. The Hall–Kier alpha value is 0. The lowest BCUT2D eigenvalue weighted by molar-refractivity contribution is -0.00881. The molecule has 1 aliphatic carbocycles. The van der Waals surface area contributed by atoms with Crippen molar-refractivity contribution < 1.29 is 0 Å². The highest BCUT2D eigenvalue weighted by atomic mass is 14.5. The van der Waals surface area contributed by atoms with Crippen LogP contribution in [0.1, 0.15) is 66.2 Å². The van der Waals surface area contributed by atoms with Crippen LogP contribution in [0.5, 0.6) is 0 Å². The van der Waals surface area contributed by atoms with Gasteiger partial charge in [-0.25, -0.2) is 0 Å². The predicted octanol–water partition coefficient (Wildman–Crippen LogP) is 4.64. The van der Waals surface area contributed by atoms with Gasteiger partial charge in [0, 0.05) is 0 Å². The van der Waals surface area contributed by atoms with Crippen molar-refractivity contribution >= 4 is 0 Å². The van der Waals surface area contributed by atoms with Crippen molar-refractivity contribution in [3.05, 3.63) is 0 Å². The van der Waals surface area contributed by atoms with Gasteiger partial charge in [0.05, 0.1) is 0 Å². The summed E-state index contributed by atoms with van der Waals surface area (Å²) in [5.74, 6) is 1.91. The van der Waals surface area contributed by atoms with Crippen LogP contribution in [0.4, 0.5) is 0 Å². The van der Waals surface area contributed by atoms with Crippen molar-refractivity contribution in [1.29, 1.82) is 0 Å². The lowest BCUT2D eigenvalue weighted by atomic mass is 9.54. The van der Waals surface area contributed by atoms with E-state index in [1.165, 1.54) is 38.5 Å². The third-order valence-corrected chi connectivity index (χ3v) is 4.58. The molecule has 0 aromatic carbocycles. The van der Waals surface area contributed by atoms with E-state index in [1.807, 2.05) is 0 Å². The first-order valence-electron chi connectivity index (χ1n) is 6.17. The molecule has 2 atom stereocenters. The van der Waals surface area contributed by atoms with Gasteiger partial charge in [-0.15, -0.1) is 0 Å². The Labute approximate surface area is 84.1 Å². The second-order valence-electron chi connectivity index (χ2n) is 5.09. The summed E-state index contributed by atoms with van der Waals surface area (Å²) >= 11 is 0. The lowest BCUT2D eigenvalue weighted by Crippen LogP contribution is -2.41. The van der Waals surface area contributed by atoms with Crippen molar-refractivity contribution in [2.45, 2.75) is 66.2 Å². The Morgan fingerprint density at radius 3 is 2.00 bits per heavy atom. The topological polar surface area (TPSA) is 0 Å². The Morgan fingerprint density at radius 1 is 1.08 bits per heavy atom. The number of hydrogen-bond acceptors (Lipinski definition) is 0. The molecule has 1 fully saturated rings. The van der Waals surface area contributed by atoms with Gasteiger partial charge in [0.25, 0.3) is 0 Å². The summed E-state index contributed by atoms with van der Waals surface area (Å²) < 4.78 is 0. The average molecular weight is 182 g/mol. The largest absolute Gasteiger partial charge is 0.0654 e. The van der Waals surface area contributed by atoms with Crippen molar-refractivity contribution in [3.63, 3.8) is 0 Å². The second kappa shape index (κ2) is 4.48. The highest BCUT2D eigenvalue weighted by molar-refractivity contribution is 4.94. The fourth-order valence-corrected chi connectivity index (χ4v) is 3.18. The van der Waals surface area contributed by atoms with E-state index in [4.69, 9.17) is 0 Å². The van der Waals surface area contributed by atoms with Crippen LogP contribution in [-0.4, -0.2) is 0 Å². The van der Waals surface area contributed by atoms with Crippen LogP contribution < -0.4 is 0 Å². The van der Waals surface area contributed by atoms with E-state index >= 15 is 0 Å². The van der Waals surface area contributed by atoms with E-state index in [2.05, 4.69) is 27.7 Å². The maximum Gasteiger partial charge on any atom is -0.0246 e. The molecular formula is C13H26. The van der Waals surface area contributed by atoms with Crippen molar-refractivity contribution in [1.82, 2.24) is 0 Å². The van der Waals surface area contributed by atoms with Crippen molar-refractivity contribution in [3.8, 4) is 0 Å². The Bertz CT molecular complexity index is 144. The Morgan fingerprint density at radius 2 is 1.69 bits per heavy atom. The number of rotatable bonds is 5. The zero-order valence-corrected chi connectivity index (χ0v) is 9.90. The highest BCUT2D eigenvalue weighted by Gasteiger charge is 2.44. The molecule has 1 saturated carbocycles. The normalized spacial score (nSPS) is 24.9. The molecule has 0 radical (unpaired) electrons. The third kappa shape index (κ3) is 1.92. The molecule has 1 aliphatic rings. The standard InChI is InChI=1S/C13H26/c1-5-8-12(4)13(9-7-10-13)11(3)6-2/h11-12H,5-10H2,1-4H3. The minimum absolute atomic E-state index is 0.741. The van der Waals surface area contributed by atoms with E-state index < -0.39 is 0 Å². The molecule has 0 amide bonds. The van der Waals surface area contributed by atoms with E-state index in [-0.39, 0.29) is 0 Å². The van der Waals surface area contributed by atoms with Crippen molar-refractivity contribution in [2.75, 3.05) is 0 Å². The first-order valence-corrected chi connectivity index (χ1v) is 6.17. The number of hydrogen-bond donors (Lipinski definition) is 0. The first kappa shape index (κ1) is 11.1. The molecule has 0 aliphatic heterocycles. The van der Waals surface area contributed by atoms with Crippen LogP contribution in [0, 0.1) is 17.3 Å². The maximum atomic E-state index is 2.48. The summed E-state index contributed by atoms with van der Waals surface area (Å²) in [6.45, 7) is 9.61. The van der Waals surface area contributed by atoms with Crippen LogP contribution in [0.25, 0.3) is 0 Å². The van der Waals surface area contributed by atoms with E-state index in [0.29, 0.717) is 0 Å². The van der Waals surface area contributed by atoms with E-state index in [9.17, 15) is 0 Å². The van der Waals surface area contributed by atoms with Gasteiger partial charge in [-0.3, -0.25) is 0 Å². The molecule has 0 bridgehead atoms. The molecule has 13 heavy (non-hydrogen) atoms. The van der Waals surface area contributed by atoms with Crippen LogP contribution in [-0.2, 0) is 0 Å². The van der Waals surface area contributed by atoms with Crippen LogP contribution in [0.15, 0.2) is 0 Å². The van der Waals surface area contributed by atoms with Crippen molar-refractivity contribution in [2.24, 2.45) is 17.3 Å². The fraction of sp³-hybridized carbons (Fsp3) is 1.00. The highest BCUT2D eigenvalue weighted by Crippen LogP contribution is 2.54. The van der Waals surface area contributed by atoms with Gasteiger partial charge in [0.1, 0.15) is 0 Å². The van der Waals surface area contributed by atoms with E-state index in [1.54, 1.807) is 0 Å². The molecule has 78 valence electrons. The molecule has 0 spiro atoms. The fourth-order valence-electron chi connectivity index (χ4n) is 3.18. The molecular weight excluding hydrogens is 156 g/mol. The Balaban J connectivity index is 2.57. The average Bonchev–Trinajstić information content (AvgIpc) is 2.02. The third-order valence-electron chi connectivity index (χ3n) is 4.58. The van der Waals surface area contributed by atoms with Crippen LogP contribution >= 0.6 is 0 Å². The first-order chi connectivity index (χ1) is 6.17. The molecule has 0 aromatic heterocycles. The zero-order valence-electron chi connectivity index (χ0n) is 9.90.